The highest BCUT2D eigenvalue weighted by Crippen LogP contribution is 2.24. The fourth-order valence-electron chi connectivity index (χ4n) is 2.21. The number of rotatable bonds is 5. The molecular weight excluding hydrogens is 278 g/mol. The Kier molecular flexibility index (Phi) is 3.66. The van der Waals surface area contributed by atoms with E-state index in [4.69, 9.17) is 4.74 Å². The van der Waals surface area contributed by atoms with Crippen LogP contribution in [0.2, 0.25) is 0 Å². The molecular formula is C14H14F2N4O. The number of halogens is 2. The first-order valence-corrected chi connectivity index (χ1v) is 6.56. The smallest absolute Gasteiger partial charge is 0.186 e. The second kappa shape index (κ2) is 5.61. The van der Waals surface area contributed by atoms with E-state index in [1.54, 1.807) is 23.9 Å². The Labute approximate surface area is 119 Å². The molecule has 0 spiro atoms. The molecule has 2 aromatic heterocycles. The predicted molar refractivity (Wildman–Crippen MR) is 75.4 cm³/mol. The Balaban J connectivity index is 2.09. The van der Waals surface area contributed by atoms with Gasteiger partial charge in [-0.3, -0.25) is 4.40 Å². The van der Waals surface area contributed by atoms with E-state index in [0.717, 1.165) is 12.5 Å². The van der Waals surface area contributed by atoms with Gasteiger partial charge in [-0.1, -0.05) is 0 Å². The maximum atomic E-state index is 13.9. The molecule has 1 N–H and O–H groups in total. The van der Waals surface area contributed by atoms with Crippen LogP contribution in [0, 0.1) is 11.6 Å². The first kappa shape index (κ1) is 13.7. The molecule has 7 heteroatoms. The number of ether oxygens (including phenoxy) is 1. The van der Waals surface area contributed by atoms with Gasteiger partial charge in [0.25, 0.3) is 0 Å². The van der Waals surface area contributed by atoms with Gasteiger partial charge in [-0.2, -0.15) is 0 Å². The molecule has 5 nitrogen and oxygen atoms in total. The van der Waals surface area contributed by atoms with Crippen molar-refractivity contribution in [1.82, 2.24) is 14.4 Å². The van der Waals surface area contributed by atoms with E-state index in [2.05, 4.69) is 15.3 Å². The number of anilines is 1. The van der Waals surface area contributed by atoms with Crippen molar-refractivity contribution in [2.45, 2.75) is 6.42 Å². The summed E-state index contributed by atoms with van der Waals surface area (Å²) in [6.07, 6.45) is 4.06. The third kappa shape index (κ3) is 2.40. The standard InChI is InChI=1S/C14H14F2N4O/c1-21-8-2-5-17-13-14-18-6-7-20(14)10-4-3-9(15)11(16)12(10)19-13/h3-4,6-7H,2,5,8H2,1H3,(H,17,19). The van der Waals surface area contributed by atoms with Crippen LogP contribution in [-0.4, -0.2) is 34.6 Å². The van der Waals surface area contributed by atoms with Gasteiger partial charge in [0.2, 0.25) is 0 Å². The summed E-state index contributed by atoms with van der Waals surface area (Å²) in [5.74, 6) is -1.45. The molecule has 0 saturated heterocycles. The van der Waals surface area contributed by atoms with Crippen molar-refractivity contribution in [2.24, 2.45) is 0 Å². The van der Waals surface area contributed by atoms with Gasteiger partial charge in [-0.15, -0.1) is 0 Å². The summed E-state index contributed by atoms with van der Waals surface area (Å²) in [6, 6.07) is 2.58. The van der Waals surface area contributed by atoms with Crippen molar-refractivity contribution in [2.75, 3.05) is 25.6 Å². The van der Waals surface area contributed by atoms with Crippen molar-refractivity contribution in [3.8, 4) is 0 Å². The number of imidazole rings is 1. The quantitative estimate of drug-likeness (QED) is 0.734. The van der Waals surface area contributed by atoms with Crippen molar-refractivity contribution in [3.63, 3.8) is 0 Å². The van der Waals surface area contributed by atoms with E-state index in [1.165, 1.54) is 6.07 Å². The highest BCUT2D eigenvalue weighted by Gasteiger charge is 2.14. The Hall–Kier alpha value is -2.28. The van der Waals surface area contributed by atoms with Crippen LogP contribution < -0.4 is 5.32 Å². The van der Waals surface area contributed by atoms with E-state index in [1.807, 2.05) is 0 Å². The second-order valence-electron chi connectivity index (χ2n) is 4.58. The van der Waals surface area contributed by atoms with Crippen LogP contribution in [0.25, 0.3) is 16.7 Å². The molecule has 110 valence electrons. The Morgan fingerprint density at radius 1 is 1.33 bits per heavy atom. The molecule has 2 heterocycles. The molecule has 0 radical (unpaired) electrons. The highest BCUT2D eigenvalue weighted by molar-refractivity contribution is 5.83. The molecule has 0 unspecified atom stereocenters. The molecule has 0 bridgehead atoms. The monoisotopic (exact) mass is 292 g/mol. The first-order valence-electron chi connectivity index (χ1n) is 6.56. The minimum absolute atomic E-state index is 0.0188. The Morgan fingerprint density at radius 3 is 3.00 bits per heavy atom. The molecule has 0 amide bonds. The van der Waals surface area contributed by atoms with Crippen molar-refractivity contribution >= 4 is 22.5 Å². The number of methoxy groups -OCH3 is 1. The molecule has 0 aliphatic heterocycles. The summed E-state index contributed by atoms with van der Waals surface area (Å²) < 4.78 is 34.0. The first-order chi connectivity index (χ1) is 10.2. The zero-order valence-corrected chi connectivity index (χ0v) is 11.4. The SMILES string of the molecule is COCCCNc1nc2c(F)c(F)ccc2n2ccnc12. The molecule has 0 atom stereocenters. The Bertz CT molecular complexity index is 787. The molecule has 0 aliphatic carbocycles. The second-order valence-corrected chi connectivity index (χ2v) is 4.58. The van der Waals surface area contributed by atoms with E-state index in [-0.39, 0.29) is 5.52 Å². The van der Waals surface area contributed by atoms with Crippen molar-refractivity contribution < 1.29 is 13.5 Å². The lowest BCUT2D eigenvalue weighted by molar-refractivity contribution is 0.198. The zero-order valence-electron chi connectivity index (χ0n) is 11.4. The summed E-state index contributed by atoms with van der Waals surface area (Å²) >= 11 is 0. The lowest BCUT2D eigenvalue weighted by Gasteiger charge is -2.10. The topological polar surface area (TPSA) is 51.5 Å². The number of benzene rings is 1. The summed E-state index contributed by atoms with van der Waals surface area (Å²) in [5.41, 5.74) is 1.03. The van der Waals surface area contributed by atoms with Crippen LogP contribution in [-0.2, 0) is 4.74 Å². The predicted octanol–water partition coefficient (Wildman–Crippen LogP) is 2.61. The molecule has 0 saturated carbocycles. The van der Waals surface area contributed by atoms with Gasteiger partial charge < -0.3 is 10.1 Å². The van der Waals surface area contributed by atoms with Crippen LogP contribution in [0.15, 0.2) is 24.5 Å². The van der Waals surface area contributed by atoms with Crippen LogP contribution in [0.5, 0.6) is 0 Å². The number of aromatic nitrogens is 3. The fraction of sp³-hybridized carbons (Fsp3) is 0.286. The molecule has 21 heavy (non-hydrogen) atoms. The van der Waals surface area contributed by atoms with Crippen LogP contribution >= 0.6 is 0 Å². The van der Waals surface area contributed by atoms with Crippen molar-refractivity contribution in [3.05, 3.63) is 36.2 Å². The van der Waals surface area contributed by atoms with Gasteiger partial charge >= 0.3 is 0 Å². The van der Waals surface area contributed by atoms with Gasteiger partial charge in [0.15, 0.2) is 23.1 Å². The van der Waals surface area contributed by atoms with Gasteiger partial charge in [0, 0.05) is 32.7 Å². The van der Waals surface area contributed by atoms with Crippen LogP contribution in [0.4, 0.5) is 14.6 Å². The minimum atomic E-state index is -0.956. The third-order valence-corrected chi connectivity index (χ3v) is 3.20. The highest BCUT2D eigenvalue weighted by atomic mass is 19.2. The van der Waals surface area contributed by atoms with E-state index >= 15 is 0 Å². The molecule has 0 fully saturated rings. The normalized spacial score (nSPS) is 11.4. The maximum Gasteiger partial charge on any atom is 0.186 e. The number of nitrogens with zero attached hydrogens (tertiary/aromatic N) is 3. The number of hydrogen-bond donors (Lipinski definition) is 1. The lowest BCUT2D eigenvalue weighted by atomic mass is 10.2. The third-order valence-electron chi connectivity index (χ3n) is 3.20. The largest absolute Gasteiger partial charge is 0.385 e. The van der Waals surface area contributed by atoms with Gasteiger partial charge in [0.1, 0.15) is 5.52 Å². The average Bonchev–Trinajstić information content (AvgIpc) is 2.97. The summed E-state index contributed by atoms with van der Waals surface area (Å²) in [4.78, 5) is 8.39. The number of hydrogen-bond acceptors (Lipinski definition) is 4. The minimum Gasteiger partial charge on any atom is -0.385 e. The fourth-order valence-corrected chi connectivity index (χ4v) is 2.21. The number of fused-ring (bicyclic) bond motifs is 3. The summed E-state index contributed by atoms with van der Waals surface area (Å²) in [6.45, 7) is 1.21. The number of nitrogens with one attached hydrogen (secondary N) is 1. The maximum absolute atomic E-state index is 13.9. The van der Waals surface area contributed by atoms with Gasteiger partial charge in [0.05, 0.1) is 5.52 Å². The summed E-state index contributed by atoms with van der Waals surface area (Å²) in [7, 11) is 1.62. The molecule has 3 aromatic rings. The van der Waals surface area contributed by atoms with Crippen molar-refractivity contribution in [1.29, 1.82) is 0 Å². The molecule has 0 aliphatic rings. The van der Waals surface area contributed by atoms with Crippen LogP contribution in [0.3, 0.4) is 0 Å². The van der Waals surface area contributed by atoms with Crippen LogP contribution in [0.1, 0.15) is 6.42 Å². The average molecular weight is 292 g/mol. The summed E-state index contributed by atoms with van der Waals surface area (Å²) in [5, 5.41) is 3.08. The zero-order chi connectivity index (χ0) is 14.8. The van der Waals surface area contributed by atoms with E-state index in [9.17, 15) is 8.78 Å². The van der Waals surface area contributed by atoms with Gasteiger partial charge in [-0.25, -0.2) is 18.7 Å². The lowest BCUT2D eigenvalue weighted by Crippen LogP contribution is -2.09. The molecule has 1 aromatic carbocycles. The van der Waals surface area contributed by atoms with E-state index < -0.39 is 11.6 Å². The molecule has 3 rings (SSSR count). The van der Waals surface area contributed by atoms with Gasteiger partial charge in [-0.05, 0) is 18.6 Å². The Morgan fingerprint density at radius 2 is 2.19 bits per heavy atom. The van der Waals surface area contributed by atoms with E-state index in [0.29, 0.717) is 30.1 Å².